The maximum absolute atomic E-state index is 13.2. The van der Waals surface area contributed by atoms with Crippen LogP contribution in [0.5, 0.6) is 0 Å². The van der Waals surface area contributed by atoms with Gasteiger partial charge in [0.05, 0.1) is 0 Å². The first kappa shape index (κ1) is 16.9. The van der Waals surface area contributed by atoms with E-state index in [1.807, 2.05) is 4.90 Å². The highest BCUT2D eigenvalue weighted by molar-refractivity contribution is 5.78. The maximum Gasteiger partial charge on any atom is 0.248 e. The summed E-state index contributed by atoms with van der Waals surface area (Å²) in [6, 6.07) is 6.44. The quantitative estimate of drug-likeness (QED) is 0.680. The van der Waals surface area contributed by atoms with Crippen molar-refractivity contribution in [3.8, 4) is 0 Å². The van der Waals surface area contributed by atoms with E-state index in [0.29, 0.717) is 32.0 Å². The van der Waals surface area contributed by atoms with E-state index < -0.39 is 5.92 Å². The molecule has 3 rings (SSSR count). The van der Waals surface area contributed by atoms with Gasteiger partial charge in [-0.1, -0.05) is 0 Å². The van der Waals surface area contributed by atoms with Crippen LogP contribution in [-0.4, -0.2) is 49.5 Å². The van der Waals surface area contributed by atoms with Crippen LogP contribution >= 0.6 is 0 Å². The lowest BCUT2D eigenvalue weighted by Crippen LogP contribution is -2.51. The van der Waals surface area contributed by atoms with Crippen molar-refractivity contribution >= 4 is 11.6 Å². The van der Waals surface area contributed by atoms with Gasteiger partial charge in [-0.15, -0.1) is 0 Å². The molecule has 1 saturated carbocycles. The molecule has 0 bridgehead atoms. The van der Waals surface area contributed by atoms with Crippen molar-refractivity contribution in [2.45, 2.75) is 25.2 Å². The van der Waals surface area contributed by atoms with Crippen molar-refractivity contribution < 1.29 is 13.2 Å². The van der Waals surface area contributed by atoms with Crippen LogP contribution in [0.15, 0.2) is 29.3 Å². The summed E-state index contributed by atoms with van der Waals surface area (Å²) >= 11 is 0. The highest BCUT2D eigenvalue weighted by Gasteiger charge is 2.39. The average molecular weight is 340 g/mol. The van der Waals surface area contributed by atoms with E-state index in [2.05, 4.69) is 9.89 Å². The topological polar surface area (TPSA) is 44.9 Å². The van der Waals surface area contributed by atoms with Gasteiger partial charge in [0.2, 0.25) is 5.92 Å². The molecule has 2 aliphatic rings. The predicted octanol–water partition coefficient (Wildman–Crippen LogP) is 2.70. The molecule has 1 heterocycles. The average Bonchev–Trinajstić information content (AvgIpc) is 2.93. The fourth-order valence-corrected chi connectivity index (χ4v) is 3.37. The van der Waals surface area contributed by atoms with Gasteiger partial charge in [-0.2, -0.15) is 0 Å². The van der Waals surface area contributed by atoms with Crippen LogP contribution in [0.4, 0.5) is 18.9 Å². The lowest BCUT2D eigenvalue weighted by atomic mass is 10.1. The minimum Gasteiger partial charge on any atom is -0.370 e. The zero-order valence-electron chi connectivity index (χ0n) is 13.6. The summed E-state index contributed by atoms with van der Waals surface area (Å²) in [5.74, 6) is -2.41. The van der Waals surface area contributed by atoms with Gasteiger partial charge in [-0.3, -0.25) is 4.99 Å². The number of alkyl halides is 2. The van der Waals surface area contributed by atoms with Crippen molar-refractivity contribution in [1.82, 2.24) is 4.90 Å². The van der Waals surface area contributed by atoms with E-state index in [1.165, 1.54) is 12.1 Å². The Morgan fingerprint density at radius 3 is 2.42 bits per heavy atom. The number of halogens is 3. The van der Waals surface area contributed by atoms with E-state index >= 15 is 0 Å². The van der Waals surface area contributed by atoms with Gasteiger partial charge in [-0.25, -0.2) is 13.2 Å². The number of nitrogens with two attached hydrogens (primary N) is 1. The van der Waals surface area contributed by atoms with Crippen LogP contribution in [0.3, 0.4) is 0 Å². The summed E-state index contributed by atoms with van der Waals surface area (Å²) < 4.78 is 39.3. The second-order valence-corrected chi connectivity index (χ2v) is 6.61. The fraction of sp³-hybridized carbons (Fsp3) is 0.588. The van der Waals surface area contributed by atoms with Crippen LogP contribution < -0.4 is 10.6 Å². The molecule has 0 amide bonds. The molecule has 1 aliphatic carbocycles. The second-order valence-electron chi connectivity index (χ2n) is 6.61. The molecule has 132 valence electrons. The number of anilines is 1. The third-order valence-electron chi connectivity index (χ3n) is 4.81. The molecular weight excluding hydrogens is 317 g/mol. The molecule has 7 heteroatoms. The van der Waals surface area contributed by atoms with Gasteiger partial charge >= 0.3 is 0 Å². The molecule has 4 nitrogen and oxygen atoms in total. The van der Waals surface area contributed by atoms with Gasteiger partial charge < -0.3 is 15.5 Å². The lowest BCUT2D eigenvalue weighted by molar-refractivity contribution is 0.00541. The lowest BCUT2D eigenvalue weighted by Gasteiger charge is -2.36. The second kappa shape index (κ2) is 6.91. The first-order valence-electron chi connectivity index (χ1n) is 8.36. The van der Waals surface area contributed by atoms with Crippen molar-refractivity contribution in [3.05, 3.63) is 30.1 Å². The molecule has 1 atom stereocenters. The summed E-state index contributed by atoms with van der Waals surface area (Å²) in [5.41, 5.74) is 7.00. The fourth-order valence-electron chi connectivity index (χ4n) is 3.37. The SMILES string of the molecule is NC(=NCC1CCC(F)(F)C1)N1CCN(c2ccc(F)cc2)CC1. The van der Waals surface area contributed by atoms with Crippen LogP contribution in [0, 0.1) is 11.7 Å². The maximum atomic E-state index is 13.2. The molecule has 1 saturated heterocycles. The Hall–Kier alpha value is -1.92. The Labute approximate surface area is 140 Å². The minimum absolute atomic E-state index is 0.0383. The number of piperazine rings is 1. The van der Waals surface area contributed by atoms with Crippen LogP contribution in [0.1, 0.15) is 19.3 Å². The van der Waals surface area contributed by atoms with Crippen molar-refractivity contribution in [3.63, 3.8) is 0 Å². The molecule has 1 unspecified atom stereocenters. The normalized spacial score (nSPS) is 24.5. The summed E-state index contributed by atoms with van der Waals surface area (Å²) in [6.45, 7) is 3.34. The Bertz CT molecular complexity index is 580. The number of aliphatic imine (C=N–C) groups is 1. The number of hydrogen-bond acceptors (Lipinski definition) is 2. The summed E-state index contributed by atoms with van der Waals surface area (Å²) in [4.78, 5) is 8.47. The van der Waals surface area contributed by atoms with Gasteiger partial charge in [0.15, 0.2) is 5.96 Å². The Morgan fingerprint density at radius 1 is 1.17 bits per heavy atom. The number of hydrogen-bond donors (Lipinski definition) is 1. The summed E-state index contributed by atoms with van der Waals surface area (Å²) in [6.07, 6.45) is 0.397. The minimum atomic E-state index is -2.53. The summed E-state index contributed by atoms with van der Waals surface area (Å²) in [5, 5.41) is 0. The zero-order chi connectivity index (χ0) is 17.2. The number of benzene rings is 1. The monoisotopic (exact) mass is 340 g/mol. The summed E-state index contributed by atoms with van der Waals surface area (Å²) in [7, 11) is 0. The smallest absolute Gasteiger partial charge is 0.248 e. The molecule has 0 radical (unpaired) electrons. The third kappa shape index (κ3) is 4.13. The highest BCUT2D eigenvalue weighted by atomic mass is 19.3. The Balaban J connectivity index is 1.49. The number of guanidine groups is 1. The molecule has 2 fully saturated rings. The van der Waals surface area contributed by atoms with Gasteiger partial charge in [-0.05, 0) is 36.6 Å². The molecule has 0 spiro atoms. The van der Waals surface area contributed by atoms with Gasteiger partial charge in [0, 0.05) is 51.3 Å². The van der Waals surface area contributed by atoms with E-state index in [1.54, 1.807) is 12.1 Å². The first-order valence-corrected chi connectivity index (χ1v) is 8.36. The van der Waals surface area contributed by atoms with Gasteiger partial charge in [0.25, 0.3) is 0 Å². The Morgan fingerprint density at radius 2 is 1.83 bits per heavy atom. The van der Waals surface area contributed by atoms with E-state index in [-0.39, 0.29) is 24.6 Å². The van der Waals surface area contributed by atoms with Crippen molar-refractivity contribution in [2.24, 2.45) is 16.6 Å². The third-order valence-corrected chi connectivity index (χ3v) is 4.81. The molecule has 24 heavy (non-hydrogen) atoms. The first-order chi connectivity index (χ1) is 11.4. The van der Waals surface area contributed by atoms with E-state index in [4.69, 9.17) is 5.73 Å². The standard InChI is InChI=1S/C17H23F3N4/c18-14-1-3-15(4-2-14)23-7-9-24(10-8-23)16(21)22-12-13-5-6-17(19,20)11-13/h1-4,13H,5-12H2,(H2,21,22). The molecule has 2 N–H and O–H groups in total. The molecular formula is C17H23F3N4. The molecule has 1 aromatic rings. The zero-order valence-corrected chi connectivity index (χ0v) is 13.6. The van der Waals surface area contributed by atoms with E-state index in [9.17, 15) is 13.2 Å². The van der Waals surface area contributed by atoms with Crippen LogP contribution in [0.2, 0.25) is 0 Å². The van der Waals surface area contributed by atoms with Crippen LogP contribution in [0.25, 0.3) is 0 Å². The van der Waals surface area contributed by atoms with Gasteiger partial charge in [0.1, 0.15) is 5.82 Å². The highest BCUT2D eigenvalue weighted by Crippen LogP contribution is 2.38. The molecule has 1 aromatic carbocycles. The van der Waals surface area contributed by atoms with Crippen molar-refractivity contribution in [2.75, 3.05) is 37.6 Å². The molecule has 0 aromatic heterocycles. The van der Waals surface area contributed by atoms with Crippen LogP contribution in [-0.2, 0) is 0 Å². The number of rotatable bonds is 3. The molecule has 1 aliphatic heterocycles. The van der Waals surface area contributed by atoms with E-state index in [0.717, 1.165) is 18.8 Å². The number of nitrogens with zero attached hydrogens (tertiary/aromatic N) is 3. The largest absolute Gasteiger partial charge is 0.370 e. The Kier molecular flexibility index (Phi) is 4.87. The predicted molar refractivity (Wildman–Crippen MR) is 89.0 cm³/mol. The van der Waals surface area contributed by atoms with Crippen molar-refractivity contribution in [1.29, 1.82) is 0 Å².